The maximum absolute atomic E-state index is 11.2. The fourth-order valence-corrected chi connectivity index (χ4v) is 2.28. The molecule has 0 fully saturated rings. The van der Waals surface area contributed by atoms with E-state index in [1.807, 2.05) is 0 Å². The Balaban J connectivity index is 2.76. The van der Waals surface area contributed by atoms with E-state index in [-0.39, 0.29) is 10.8 Å². The van der Waals surface area contributed by atoms with Gasteiger partial charge in [0.05, 0.1) is 7.11 Å². The second kappa shape index (κ2) is 5.73. The van der Waals surface area contributed by atoms with Crippen LogP contribution in [0.25, 0.3) is 0 Å². The molecule has 0 radical (unpaired) electrons. The lowest BCUT2D eigenvalue weighted by Crippen LogP contribution is -2.18. The van der Waals surface area contributed by atoms with Crippen LogP contribution in [0.5, 0.6) is 0 Å². The van der Waals surface area contributed by atoms with E-state index in [0.29, 0.717) is 16.5 Å². The summed E-state index contributed by atoms with van der Waals surface area (Å²) in [4.78, 5) is 10.8. The highest BCUT2D eigenvalue weighted by molar-refractivity contribution is 9.10. The lowest BCUT2D eigenvalue weighted by Gasteiger charge is -2.08. The Morgan fingerprint density at radius 1 is 1.40 bits per heavy atom. The zero-order chi connectivity index (χ0) is 11.4. The number of methoxy groups -OCH3 is 1. The van der Waals surface area contributed by atoms with Crippen LogP contribution in [0, 0.1) is 0 Å². The summed E-state index contributed by atoms with van der Waals surface area (Å²) in [7, 11) is 1.35. The first kappa shape index (κ1) is 12.8. The fourth-order valence-electron chi connectivity index (χ4n) is 1.15. The smallest absolute Gasteiger partial charge is 0.319 e. The van der Waals surface area contributed by atoms with Crippen molar-refractivity contribution < 1.29 is 9.53 Å². The quantitative estimate of drug-likeness (QED) is 0.631. The Kier molecular flexibility index (Phi) is 4.90. The largest absolute Gasteiger partial charge is 0.468 e. The molecule has 1 aromatic rings. The molecular weight excluding hydrogens is 303 g/mol. The van der Waals surface area contributed by atoms with Crippen LogP contribution < -0.4 is 0 Å². The Labute approximate surface area is 107 Å². The van der Waals surface area contributed by atoms with E-state index in [9.17, 15) is 4.79 Å². The van der Waals surface area contributed by atoms with E-state index >= 15 is 0 Å². The number of halogens is 3. The molecule has 0 heterocycles. The van der Waals surface area contributed by atoms with Crippen molar-refractivity contribution in [3.05, 3.63) is 33.8 Å². The third-order valence-electron chi connectivity index (χ3n) is 1.79. The normalized spacial score (nSPS) is 12.3. The topological polar surface area (TPSA) is 26.3 Å². The molecular formula is C10H9BrCl2O2. The summed E-state index contributed by atoms with van der Waals surface area (Å²) in [5, 5.41) is 1.11. The van der Waals surface area contributed by atoms with E-state index in [0.717, 1.165) is 5.56 Å². The van der Waals surface area contributed by atoms with Gasteiger partial charge in [0.2, 0.25) is 0 Å². The van der Waals surface area contributed by atoms with Gasteiger partial charge in [-0.05, 0) is 30.2 Å². The van der Waals surface area contributed by atoms with Crippen molar-refractivity contribution in [2.75, 3.05) is 7.11 Å². The summed E-state index contributed by atoms with van der Waals surface area (Å²) in [6, 6.07) is 5.18. The molecule has 1 atom stereocenters. The molecule has 0 aliphatic heterocycles. The molecule has 0 saturated carbocycles. The number of rotatable bonds is 3. The molecule has 0 N–H and O–H groups in total. The minimum atomic E-state index is -0.378. The van der Waals surface area contributed by atoms with Crippen molar-refractivity contribution >= 4 is 45.1 Å². The minimum absolute atomic E-state index is 0.314. The summed E-state index contributed by atoms with van der Waals surface area (Å²) in [5.74, 6) is -0.314. The van der Waals surface area contributed by atoms with Crippen molar-refractivity contribution in [3.8, 4) is 0 Å². The predicted molar refractivity (Wildman–Crippen MR) is 64.9 cm³/mol. The second-order valence-electron chi connectivity index (χ2n) is 2.97. The molecule has 0 amide bonds. The highest BCUT2D eigenvalue weighted by Gasteiger charge is 2.16. The van der Waals surface area contributed by atoms with Crippen LogP contribution in [0.3, 0.4) is 0 Å². The van der Waals surface area contributed by atoms with Gasteiger partial charge in [-0.25, -0.2) is 0 Å². The predicted octanol–water partition coefficient (Wildman–Crippen LogP) is 3.47. The fraction of sp³-hybridized carbons (Fsp3) is 0.300. The third-order valence-corrected chi connectivity index (χ3v) is 2.93. The molecule has 0 aliphatic carbocycles. The van der Waals surface area contributed by atoms with Crippen molar-refractivity contribution in [3.63, 3.8) is 0 Å². The molecule has 0 bridgehead atoms. The third kappa shape index (κ3) is 4.01. The van der Waals surface area contributed by atoms with Gasteiger partial charge in [-0.3, -0.25) is 4.79 Å². The van der Waals surface area contributed by atoms with Crippen molar-refractivity contribution in [2.24, 2.45) is 0 Å². The van der Waals surface area contributed by atoms with Crippen LogP contribution >= 0.6 is 39.1 Å². The van der Waals surface area contributed by atoms with Gasteiger partial charge in [-0.15, -0.1) is 0 Å². The molecule has 1 rings (SSSR count). The molecule has 15 heavy (non-hydrogen) atoms. The number of benzene rings is 1. The number of hydrogen-bond donors (Lipinski definition) is 0. The molecule has 1 unspecified atom stereocenters. The van der Waals surface area contributed by atoms with Crippen LogP contribution in [0.15, 0.2) is 18.2 Å². The average Bonchev–Trinajstić information content (AvgIpc) is 2.14. The lowest BCUT2D eigenvalue weighted by atomic mass is 10.1. The molecule has 0 saturated heterocycles. The van der Waals surface area contributed by atoms with Gasteiger partial charge in [0.15, 0.2) is 0 Å². The van der Waals surface area contributed by atoms with E-state index < -0.39 is 0 Å². The SMILES string of the molecule is COC(=O)C(Br)Cc1cc(Cl)cc(Cl)c1. The Hall–Kier alpha value is -0.250. The maximum Gasteiger partial charge on any atom is 0.319 e. The molecule has 0 spiro atoms. The van der Waals surface area contributed by atoms with Crippen LogP contribution in [0.4, 0.5) is 0 Å². The van der Waals surface area contributed by atoms with E-state index in [2.05, 4.69) is 20.7 Å². The number of ether oxygens (including phenoxy) is 1. The first-order valence-electron chi connectivity index (χ1n) is 4.20. The highest BCUT2D eigenvalue weighted by Crippen LogP contribution is 2.21. The van der Waals surface area contributed by atoms with Crippen molar-refractivity contribution in [2.45, 2.75) is 11.2 Å². The summed E-state index contributed by atoms with van der Waals surface area (Å²) in [6.45, 7) is 0. The summed E-state index contributed by atoms with van der Waals surface area (Å²) < 4.78 is 4.59. The Bertz CT molecular complexity index is 348. The Morgan fingerprint density at radius 2 is 1.93 bits per heavy atom. The van der Waals surface area contributed by atoms with Crippen LogP contribution in [-0.2, 0) is 16.0 Å². The standard InChI is InChI=1S/C10H9BrCl2O2/c1-15-10(14)9(11)4-6-2-7(12)5-8(13)3-6/h2-3,5,9H,4H2,1H3. The minimum Gasteiger partial charge on any atom is -0.468 e. The summed E-state index contributed by atoms with van der Waals surface area (Å²) >= 11 is 14.9. The molecule has 0 aromatic heterocycles. The first-order chi connectivity index (χ1) is 7.02. The molecule has 1 aromatic carbocycles. The second-order valence-corrected chi connectivity index (χ2v) is 4.95. The molecule has 0 aliphatic rings. The zero-order valence-electron chi connectivity index (χ0n) is 7.97. The molecule has 2 nitrogen and oxygen atoms in total. The van der Waals surface area contributed by atoms with Gasteiger partial charge < -0.3 is 4.74 Å². The van der Waals surface area contributed by atoms with Gasteiger partial charge in [0, 0.05) is 10.0 Å². The zero-order valence-corrected chi connectivity index (χ0v) is 11.1. The number of hydrogen-bond acceptors (Lipinski definition) is 2. The first-order valence-corrected chi connectivity index (χ1v) is 5.87. The van der Waals surface area contributed by atoms with Crippen molar-refractivity contribution in [1.29, 1.82) is 0 Å². The monoisotopic (exact) mass is 310 g/mol. The maximum atomic E-state index is 11.2. The average molecular weight is 312 g/mol. The van der Waals surface area contributed by atoms with Gasteiger partial charge >= 0.3 is 5.97 Å². The summed E-state index contributed by atoms with van der Waals surface area (Å²) in [5.41, 5.74) is 0.889. The van der Waals surface area contributed by atoms with Crippen molar-refractivity contribution in [1.82, 2.24) is 0 Å². The van der Waals surface area contributed by atoms with Crippen LogP contribution in [-0.4, -0.2) is 17.9 Å². The van der Waals surface area contributed by atoms with Gasteiger partial charge in [-0.2, -0.15) is 0 Å². The molecule has 82 valence electrons. The number of carbonyl (C=O) groups is 1. The van der Waals surface area contributed by atoms with Crippen LogP contribution in [0.1, 0.15) is 5.56 Å². The number of carbonyl (C=O) groups excluding carboxylic acids is 1. The highest BCUT2D eigenvalue weighted by atomic mass is 79.9. The van der Waals surface area contributed by atoms with Gasteiger partial charge in [0.1, 0.15) is 4.83 Å². The lowest BCUT2D eigenvalue weighted by molar-refractivity contribution is -0.139. The van der Waals surface area contributed by atoms with E-state index in [1.165, 1.54) is 7.11 Å². The van der Waals surface area contributed by atoms with Gasteiger partial charge in [-0.1, -0.05) is 39.1 Å². The number of esters is 1. The number of alkyl halides is 1. The van der Waals surface area contributed by atoms with Gasteiger partial charge in [0.25, 0.3) is 0 Å². The van der Waals surface area contributed by atoms with E-state index in [4.69, 9.17) is 23.2 Å². The summed E-state index contributed by atoms with van der Waals surface area (Å²) in [6.07, 6.45) is 0.493. The van der Waals surface area contributed by atoms with E-state index in [1.54, 1.807) is 18.2 Å². The molecule has 5 heteroatoms. The Morgan fingerprint density at radius 3 is 2.40 bits per heavy atom. The van der Waals surface area contributed by atoms with Crippen LogP contribution in [0.2, 0.25) is 10.0 Å².